The molecule has 0 radical (unpaired) electrons. The number of benzene rings is 1. The van der Waals surface area contributed by atoms with Crippen LogP contribution in [0.1, 0.15) is 0 Å². The van der Waals surface area contributed by atoms with Crippen LogP contribution in [0, 0.1) is 0 Å². The summed E-state index contributed by atoms with van der Waals surface area (Å²) in [5, 5.41) is 11.0. The Bertz CT molecular complexity index is 849. The molecule has 3 aromatic heterocycles. The van der Waals surface area contributed by atoms with Crippen LogP contribution in [0.25, 0.3) is 22.2 Å². The van der Waals surface area contributed by atoms with Crippen LogP contribution in [0.4, 0.5) is 0 Å². The Hall–Kier alpha value is -2.56. The van der Waals surface area contributed by atoms with Crippen LogP contribution in [0.3, 0.4) is 0 Å². The zero-order chi connectivity index (χ0) is 11.2. The molecule has 0 fully saturated rings. The second-order valence-electron chi connectivity index (χ2n) is 3.83. The molecule has 17 heavy (non-hydrogen) atoms. The van der Waals surface area contributed by atoms with Crippen LogP contribution in [-0.2, 0) is 0 Å². The van der Waals surface area contributed by atoms with Crippen molar-refractivity contribution >= 4 is 22.2 Å². The topological polar surface area (TPSA) is 47.2 Å². The van der Waals surface area contributed by atoms with Crippen LogP contribution in [0.5, 0.6) is 0 Å². The van der Waals surface area contributed by atoms with E-state index >= 15 is 0 Å². The fraction of sp³-hybridized carbons (Fsp3) is 0. The van der Waals surface area contributed by atoms with E-state index < -0.39 is 0 Å². The second kappa shape index (κ2) is 2.98. The van der Waals surface area contributed by atoms with Crippen molar-refractivity contribution in [2.45, 2.75) is 0 Å². The Morgan fingerprint density at radius 3 is 3.06 bits per heavy atom. The van der Waals surface area contributed by atoms with Crippen molar-refractivity contribution < 1.29 is 4.52 Å². The number of rotatable bonds is 0. The van der Waals surface area contributed by atoms with E-state index in [0.717, 1.165) is 16.4 Å². The van der Waals surface area contributed by atoms with Crippen molar-refractivity contribution in [1.29, 1.82) is 0 Å². The third-order valence-corrected chi connectivity index (χ3v) is 2.81. The van der Waals surface area contributed by atoms with Crippen molar-refractivity contribution in [2.24, 2.45) is 0 Å². The first-order chi connectivity index (χ1) is 8.43. The smallest absolute Gasteiger partial charge is 0.111 e. The molecule has 4 rings (SSSR count). The van der Waals surface area contributed by atoms with E-state index in [0.29, 0.717) is 5.78 Å². The molecule has 0 aliphatic heterocycles. The van der Waals surface area contributed by atoms with Crippen LogP contribution < -0.4 is 4.52 Å². The maximum atomic E-state index is 4.50. The van der Waals surface area contributed by atoms with Gasteiger partial charge in [-0.3, -0.25) is 0 Å². The molecule has 0 amide bonds. The number of hydrogen-bond acceptors (Lipinski definition) is 3. The van der Waals surface area contributed by atoms with Gasteiger partial charge in [-0.05, 0) is 6.07 Å². The molecule has 0 spiro atoms. The third kappa shape index (κ3) is 1.08. The van der Waals surface area contributed by atoms with Gasteiger partial charge in [0.05, 0.1) is 12.4 Å². The molecule has 3 heterocycles. The standard InChI is InChI=1S/C12H8N5/c1-2-5-10-9(4-1)8-14-17-11(10)15-16-7-3-6-13-12(16)17/h1-8H/q+1. The van der Waals surface area contributed by atoms with Crippen LogP contribution in [0.2, 0.25) is 0 Å². The Kier molecular flexibility index (Phi) is 1.50. The lowest BCUT2D eigenvalue weighted by Crippen LogP contribution is -2.23. The minimum absolute atomic E-state index is 0.716. The molecule has 0 saturated carbocycles. The predicted molar refractivity (Wildman–Crippen MR) is 61.4 cm³/mol. The molecule has 0 aliphatic carbocycles. The molecule has 0 N–H and O–H groups in total. The van der Waals surface area contributed by atoms with E-state index in [1.165, 1.54) is 0 Å². The van der Waals surface area contributed by atoms with Gasteiger partial charge in [-0.25, -0.2) is 0 Å². The highest BCUT2D eigenvalue weighted by Crippen LogP contribution is 2.16. The summed E-state index contributed by atoms with van der Waals surface area (Å²) in [4.78, 5) is 4.28. The lowest BCUT2D eigenvalue weighted by molar-refractivity contribution is -0.578. The Morgan fingerprint density at radius 1 is 1.12 bits per heavy atom. The van der Waals surface area contributed by atoms with Crippen molar-refractivity contribution in [3.8, 4) is 0 Å². The van der Waals surface area contributed by atoms with E-state index in [1.54, 1.807) is 15.2 Å². The van der Waals surface area contributed by atoms with Gasteiger partial charge in [0.25, 0.3) is 5.65 Å². The Morgan fingerprint density at radius 2 is 2.06 bits per heavy atom. The molecule has 80 valence electrons. The van der Waals surface area contributed by atoms with Gasteiger partial charge in [0.15, 0.2) is 0 Å². The van der Waals surface area contributed by atoms with Crippen molar-refractivity contribution in [3.05, 3.63) is 48.9 Å². The number of aromatic nitrogens is 5. The first-order valence-electron chi connectivity index (χ1n) is 5.33. The van der Waals surface area contributed by atoms with Crippen molar-refractivity contribution in [2.75, 3.05) is 0 Å². The molecule has 0 atom stereocenters. The molecule has 0 saturated heterocycles. The van der Waals surface area contributed by atoms with Gasteiger partial charge in [0.1, 0.15) is 6.20 Å². The van der Waals surface area contributed by atoms with E-state index in [-0.39, 0.29) is 0 Å². The summed E-state index contributed by atoms with van der Waals surface area (Å²) >= 11 is 0. The molecular weight excluding hydrogens is 214 g/mol. The molecule has 0 unspecified atom stereocenters. The summed E-state index contributed by atoms with van der Waals surface area (Å²) in [5.41, 5.74) is 0.821. The number of hydrogen-bond donors (Lipinski definition) is 0. The molecule has 4 aromatic rings. The Balaban J connectivity index is 2.34. The zero-order valence-corrected chi connectivity index (χ0v) is 8.85. The van der Waals surface area contributed by atoms with Crippen molar-refractivity contribution in [3.63, 3.8) is 0 Å². The minimum Gasteiger partial charge on any atom is -0.111 e. The van der Waals surface area contributed by atoms with Gasteiger partial charge in [0.2, 0.25) is 0 Å². The quantitative estimate of drug-likeness (QED) is 0.417. The van der Waals surface area contributed by atoms with Crippen LogP contribution >= 0.6 is 0 Å². The van der Waals surface area contributed by atoms with Gasteiger partial charge in [-0.2, -0.15) is 0 Å². The van der Waals surface area contributed by atoms with Gasteiger partial charge >= 0.3 is 5.78 Å². The van der Waals surface area contributed by atoms with Gasteiger partial charge in [-0.1, -0.05) is 32.8 Å². The van der Waals surface area contributed by atoms with Crippen molar-refractivity contribution in [1.82, 2.24) is 19.7 Å². The number of fused-ring (bicyclic) bond motifs is 5. The molecule has 1 aromatic carbocycles. The maximum absolute atomic E-state index is 4.50. The lowest BCUT2D eigenvalue weighted by atomic mass is 10.2. The zero-order valence-electron chi connectivity index (χ0n) is 8.85. The van der Waals surface area contributed by atoms with Crippen LogP contribution in [-0.4, -0.2) is 19.7 Å². The fourth-order valence-corrected chi connectivity index (χ4v) is 2.03. The van der Waals surface area contributed by atoms with Gasteiger partial charge in [-0.15, -0.1) is 9.61 Å². The monoisotopic (exact) mass is 222 g/mol. The molecule has 5 heteroatoms. The summed E-state index contributed by atoms with van der Waals surface area (Å²) < 4.78 is 3.48. The van der Waals surface area contributed by atoms with Gasteiger partial charge in [0, 0.05) is 16.8 Å². The van der Waals surface area contributed by atoms with E-state index in [4.69, 9.17) is 0 Å². The highest BCUT2D eigenvalue weighted by atomic mass is 15.4. The summed E-state index contributed by atoms with van der Waals surface area (Å²) in [6.07, 6.45) is 5.44. The van der Waals surface area contributed by atoms with E-state index in [1.807, 2.05) is 42.7 Å². The maximum Gasteiger partial charge on any atom is 0.448 e. The second-order valence-corrected chi connectivity index (χ2v) is 3.83. The summed E-state index contributed by atoms with van der Waals surface area (Å²) in [6, 6.07) is 9.91. The third-order valence-electron chi connectivity index (χ3n) is 2.81. The highest BCUT2D eigenvalue weighted by molar-refractivity contribution is 5.93. The molecule has 0 bridgehead atoms. The van der Waals surface area contributed by atoms with Gasteiger partial charge < -0.3 is 0 Å². The average molecular weight is 222 g/mol. The average Bonchev–Trinajstić information content (AvgIpc) is 2.78. The largest absolute Gasteiger partial charge is 0.448 e. The Labute approximate surface area is 96.0 Å². The fourth-order valence-electron chi connectivity index (χ4n) is 2.03. The number of nitrogens with zero attached hydrogens (tertiary/aromatic N) is 5. The molecular formula is C12H8N5+. The van der Waals surface area contributed by atoms with E-state index in [2.05, 4.69) is 15.2 Å². The first kappa shape index (κ1) is 8.58. The summed E-state index contributed by atoms with van der Waals surface area (Å²) in [5.74, 6) is 0.716. The summed E-state index contributed by atoms with van der Waals surface area (Å²) in [7, 11) is 0. The highest BCUT2D eigenvalue weighted by Gasteiger charge is 2.16. The lowest BCUT2D eigenvalue weighted by Gasteiger charge is -1.93. The SMILES string of the molecule is c1ccc2c(c1)cnn1c2n[n+]2cccnc12. The normalized spacial score (nSPS) is 11.5. The minimum atomic E-state index is 0.716. The first-order valence-corrected chi connectivity index (χ1v) is 5.33. The summed E-state index contributed by atoms with van der Waals surface area (Å²) in [6.45, 7) is 0. The van der Waals surface area contributed by atoms with E-state index in [9.17, 15) is 0 Å². The predicted octanol–water partition coefficient (Wildman–Crippen LogP) is 1.02. The molecule has 0 aliphatic rings. The van der Waals surface area contributed by atoms with Crippen LogP contribution in [0.15, 0.2) is 48.9 Å². The molecule has 5 nitrogen and oxygen atoms in total.